The van der Waals surface area contributed by atoms with E-state index < -0.39 is 0 Å². The maximum atomic E-state index is 4.15. The Morgan fingerprint density at radius 2 is 2.07 bits per heavy atom. The van der Waals surface area contributed by atoms with Crippen molar-refractivity contribution >= 4 is 0 Å². The highest BCUT2D eigenvalue weighted by Crippen LogP contribution is 2.46. The summed E-state index contributed by atoms with van der Waals surface area (Å²) in [5, 5.41) is 0. The molecule has 78 valence electrons. The third kappa shape index (κ3) is 1.72. The predicted molar refractivity (Wildman–Crippen MR) is 62.5 cm³/mol. The molecule has 1 saturated heterocycles. The van der Waals surface area contributed by atoms with Crippen LogP contribution < -0.4 is 0 Å². The quantitative estimate of drug-likeness (QED) is 0.662. The van der Waals surface area contributed by atoms with Gasteiger partial charge in [-0.3, -0.25) is 4.90 Å². The van der Waals surface area contributed by atoms with Gasteiger partial charge < -0.3 is 0 Å². The van der Waals surface area contributed by atoms with E-state index >= 15 is 0 Å². The van der Waals surface area contributed by atoms with Gasteiger partial charge in [-0.05, 0) is 24.3 Å². The van der Waals surface area contributed by atoms with E-state index in [1.807, 2.05) is 0 Å². The van der Waals surface area contributed by atoms with Gasteiger partial charge in [-0.25, -0.2) is 0 Å². The molecular formula is C14H17N. The maximum absolute atomic E-state index is 4.15. The van der Waals surface area contributed by atoms with Crippen LogP contribution in [-0.4, -0.2) is 17.5 Å². The van der Waals surface area contributed by atoms with Gasteiger partial charge in [0, 0.05) is 19.1 Å². The monoisotopic (exact) mass is 199 g/mol. The van der Waals surface area contributed by atoms with Crippen LogP contribution in [0.2, 0.25) is 0 Å². The minimum absolute atomic E-state index is 0.812. The lowest BCUT2D eigenvalue weighted by Crippen LogP contribution is -2.31. The summed E-state index contributed by atoms with van der Waals surface area (Å²) < 4.78 is 0. The molecule has 1 aromatic rings. The van der Waals surface area contributed by atoms with Gasteiger partial charge in [0.2, 0.25) is 0 Å². The number of likely N-dealkylation sites (tertiary alicyclic amines) is 1. The van der Waals surface area contributed by atoms with Gasteiger partial charge in [0.25, 0.3) is 0 Å². The van der Waals surface area contributed by atoms with Gasteiger partial charge in [0.05, 0.1) is 0 Å². The Bertz CT molecular complexity index is 368. The molecule has 0 spiro atoms. The van der Waals surface area contributed by atoms with Crippen molar-refractivity contribution in [1.29, 1.82) is 0 Å². The smallest absolute Gasteiger partial charge is 0.0237 e. The Morgan fingerprint density at radius 1 is 1.27 bits per heavy atom. The van der Waals surface area contributed by atoms with Crippen LogP contribution in [-0.2, 0) is 6.54 Å². The average Bonchev–Trinajstić information content (AvgIpc) is 3.05. The number of fused-ring (bicyclic) bond motifs is 1. The third-order valence-corrected chi connectivity index (χ3v) is 3.70. The molecular weight excluding hydrogens is 182 g/mol. The third-order valence-electron chi connectivity index (χ3n) is 3.70. The molecule has 1 heteroatoms. The van der Waals surface area contributed by atoms with E-state index in [0.29, 0.717) is 0 Å². The highest BCUT2D eigenvalue weighted by atomic mass is 15.2. The molecule has 1 aromatic carbocycles. The number of benzene rings is 1. The van der Waals surface area contributed by atoms with Crippen LogP contribution in [0.25, 0.3) is 0 Å². The highest BCUT2D eigenvalue weighted by molar-refractivity contribution is 5.21. The largest absolute Gasteiger partial charge is 0.295 e. The van der Waals surface area contributed by atoms with E-state index in [1.165, 1.54) is 30.5 Å². The average molecular weight is 199 g/mol. The second-order valence-electron chi connectivity index (χ2n) is 4.77. The van der Waals surface area contributed by atoms with E-state index in [1.54, 1.807) is 0 Å². The van der Waals surface area contributed by atoms with Gasteiger partial charge in [-0.1, -0.05) is 42.5 Å². The minimum atomic E-state index is 0.812. The first-order chi connectivity index (χ1) is 7.34. The molecule has 0 aromatic heterocycles. The van der Waals surface area contributed by atoms with Crippen LogP contribution in [0.15, 0.2) is 42.5 Å². The maximum Gasteiger partial charge on any atom is 0.0237 e. The summed E-state index contributed by atoms with van der Waals surface area (Å²) in [5.74, 6) is 0.822. The van der Waals surface area contributed by atoms with Crippen molar-refractivity contribution in [2.75, 3.05) is 6.54 Å². The molecule has 15 heavy (non-hydrogen) atoms. The summed E-state index contributed by atoms with van der Waals surface area (Å²) in [5.41, 5.74) is 2.93. The molecule has 2 atom stereocenters. The summed E-state index contributed by atoms with van der Waals surface area (Å²) in [6, 6.07) is 11.6. The number of nitrogens with zero attached hydrogens (tertiary/aromatic N) is 1. The Labute approximate surface area is 91.4 Å². The summed E-state index contributed by atoms with van der Waals surface area (Å²) in [6.07, 6.45) is 2.56. The van der Waals surface area contributed by atoms with Gasteiger partial charge in [-0.15, -0.1) is 0 Å². The normalized spacial score (nSPS) is 30.0. The summed E-state index contributed by atoms with van der Waals surface area (Å²) in [4.78, 5) is 2.62. The van der Waals surface area contributed by atoms with Crippen molar-refractivity contribution in [3.05, 3.63) is 48.0 Å². The van der Waals surface area contributed by atoms with E-state index in [9.17, 15) is 0 Å². The van der Waals surface area contributed by atoms with Crippen LogP contribution in [0.4, 0.5) is 0 Å². The molecule has 0 bridgehead atoms. The van der Waals surface area contributed by atoms with Gasteiger partial charge in [-0.2, -0.15) is 0 Å². The molecule has 1 aliphatic carbocycles. The summed E-state index contributed by atoms with van der Waals surface area (Å²) in [6.45, 7) is 6.48. The van der Waals surface area contributed by atoms with Gasteiger partial charge in [0.15, 0.2) is 0 Å². The molecule has 0 radical (unpaired) electrons. The first-order valence-electron chi connectivity index (χ1n) is 5.80. The lowest BCUT2D eigenvalue weighted by molar-refractivity contribution is 0.231. The Balaban J connectivity index is 1.68. The molecule has 2 unspecified atom stereocenters. The zero-order valence-electron chi connectivity index (χ0n) is 9.02. The van der Waals surface area contributed by atoms with Crippen LogP contribution >= 0.6 is 0 Å². The highest BCUT2D eigenvalue weighted by Gasteiger charge is 2.45. The van der Waals surface area contributed by atoms with E-state index in [0.717, 1.165) is 18.5 Å². The molecule has 0 amide bonds. The first-order valence-corrected chi connectivity index (χ1v) is 5.80. The first kappa shape index (κ1) is 9.17. The Kier molecular flexibility index (Phi) is 2.14. The summed E-state index contributed by atoms with van der Waals surface area (Å²) >= 11 is 0. The van der Waals surface area contributed by atoms with Crippen LogP contribution in [0, 0.1) is 5.92 Å². The van der Waals surface area contributed by atoms with Crippen molar-refractivity contribution in [3.8, 4) is 0 Å². The molecule has 1 saturated carbocycles. The van der Waals surface area contributed by atoms with Crippen LogP contribution in [0.5, 0.6) is 0 Å². The van der Waals surface area contributed by atoms with Crippen molar-refractivity contribution in [1.82, 2.24) is 4.90 Å². The molecule has 2 fully saturated rings. The van der Waals surface area contributed by atoms with E-state index in [4.69, 9.17) is 0 Å². The number of rotatable bonds is 2. The van der Waals surface area contributed by atoms with E-state index in [-0.39, 0.29) is 0 Å². The Hall–Kier alpha value is -1.08. The zero-order valence-corrected chi connectivity index (χ0v) is 9.02. The fourth-order valence-electron chi connectivity index (χ4n) is 2.68. The molecule has 2 aliphatic rings. The molecule has 0 N–H and O–H groups in total. The second kappa shape index (κ2) is 3.49. The molecule has 1 heterocycles. The SMILES string of the molecule is C=C1CCN(Cc2ccccc2)C2CC12. The van der Waals surface area contributed by atoms with Gasteiger partial charge >= 0.3 is 0 Å². The van der Waals surface area contributed by atoms with Crippen molar-refractivity contribution in [2.24, 2.45) is 5.92 Å². The fourth-order valence-corrected chi connectivity index (χ4v) is 2.68. The molecule has 1 aliphatic heterocycles. The van der Waals surface area contributed by atoms with Crippen LogP contribution in [0.3, 0.4) is 0 Å². The van der Waals surface area contributed by atoms with Crippen molar-refractivity contribution in [3.63, 3.8) is 0 Å². The predicted octanol–water partition coefficient (Wildman–Crippen LogP) is 2.84. The van der Waals surface area contributed by atoms with Gasteiger partial charge in [0.1, 0.15) is 0 Å². The summed E-state index contributed by atoms with van der Waals surface area (Å²) in [7, 11) is 0. The van der Waals surface area contributed by atoms with Crippen molar-refractivity contribution < 1.29 is 0 Å². The standard InChI is InChI=1S/C14H17N/c1-11-7-8-15(14-9-13(11)14)10-12-5-3-2-4-6-12/h2-6,13-14H,1,7-10H2. The lowest BCUT2D eigenvalue weighted by atomic mass is 10.0. The molecule has 1 nitrogen and oxygen atoms in total. The minimum Gasteiger partial charge on any atom is -0.295 e. The number of hydrogen-bond acceptors (Lipinski definition) is 1. The fraction of sp³-hybridized carbons (Fsp3) is 0.429. The topological polar surface area (TPSA) is 3.24 Å². The molecule has 3 rings (SSSR count). The van der Waals surface area contributed by atoms with Crippen LogP contribution in [0.1, 0.15) is 18.4 Å². The lowest BCUT2D eigenvalue weighted by Gasteiger charge is -2.27. The van der Waals surface area contributed by atoms with E-state index in [2.05, 4.69) is 41.8 Å². The van der Waals surface area contributed by atoms with Crippen molar-refractivity contribution in [2.45, 2.75) is 25.4 Å². The Morgan fingerprint density at radius 3 is 2.87 bits per heavy atom. The number of hydrogen-bond donors (Lipinski definition) is 0. The second-order valence-corrected chi connectivity index (χ2v) is 4.77. The number of piperidine rings is 1. The zero-order chi connectivity index (χ0) is 10.3.